The topological polar surface area (TPSA) is 79.2 Å². The molecule has 1 heterocycles. The number of nitrogens with zero attached hydrogens (tertiary/aromatic N) is 1. The highest BCUT2D eigenvalue weighted by molar-refractivity contribution is 7.80. The number of aryl methyl sites for hydroxylation is 1. The third kappa shape index (κ3) is 4.68. The molecule has 3 rings (SSSR count). The first kappa shape index (κ1) is 18.5. The van der Waals surface area contributed by atoms with Crippen molar-refractivity contribution in [2.45, 2.75) is 13.5 Å². The van der Waals surface area contributed by atoms with Crippen LogP contribution < -0.4 is 16.2 Å². The molecule has 6 nitrogen and oxygen atoms in total. The Balaban J connectivity index is 1.59. The number of nitrogens with one attached hydrogen (secondary N) is 3. The third-order valence-corrected chi connectivity index (χ3v) is 4.04. The zero-order chi connectivity index (χ0) is 19.2. The first-order valence-corrected chi connectivity index (χ1v) is 8.55. The first-order valence-electron chi connectivity index (χ1n) is 8.15. The summed E-state index contributed by atoms with van der Waals surface area (Å²) in [7, 11) is 0. The maximum atomic E-state index is 12.9. The van der Waals surface area contributed by atoms with Crippen LogP contribution in [0.4, 0.5) is 4.39 Å². The molecular weight excluding hydrogens is 367 g/mol. The number of benzene rings is 2. The Morgan fingerprint density at radius 2 is 1.81 bits per heavy atom. The van der Waals surface area contributed by atoms with Gasteiger partial charge in [-0.1, -0.05) is 47.6 Å². The van der Waals surface area contributed by atoms with E-state index in [4.69, 9.17) is 16.7 Å². The Labute approximate surface area is 160 Å². The molecule has 2 aromatic carbocycles. The fourth-order valence-electron chi connectivity index (χ4n) is 2.44. The van der Waals surface area contributed by atoms with Gasteiger partial charge in [-0.2, -0.15) is 0 Å². The minimum atomic E-state index is -0.418. The van der Waals surface area contributed by atoms with Gasteiger partial charge in [-0.15, -0.1) is 0 Å². The van der Waals surface area contributed by atoms with E-state index in [1.165, 1.54) is 12.1 Å². The number of halogens is 1. The number of hydrogen-bond acceptors (Lipinski definition) is 4. The molecule has 138 valence electrons. The normalized spacial score (nSPS) is 10.3. The SMILES string of the molecule is Cc1onc(-c2ccccc2)c1C(=O)NNC(=S)NCc1ccc(F)cc1. The van der Waals surface area contributed by atoms with Crippen LogP contribution in [0.2, 0.25) is 0 Å². The molecule has 0 aliphatic carbocycles. The summed E-state index contributed by atoms with van der Waals surface area (Å²) >= 11 is 5.14. The summed E-state index contributed by atoms with van der Waals surface area (Å²) in [5.74, 6) is -0.318. The maximum absolute atomic E-state index is 12.9. The van der Waals surface area contributed by atoms with Gasteiger partial charge in [0.05, 0.1) is 0 Å². The molecule has 0 unspecified atom stereocenters. The van der Waals surface area contributed by atoms with Crippen molar-refractivity contribution >= 4 is 23.2 Å². The Hall–Kier alpha value is -3.26. The van der Waals surface area contributed by atoms with E-state index in [0.29, 0.717) is 23.6 Å². The lowest BCUT2D eigenvalue weighted by molar-refractivity contribution is 0.0942. The number of carbonyl (C=O) groups is 1. The standard InChI is InChI=1S/C19H17FN4O2S/c1-12-16(17(24-26-12)14-5-3-2-4-6-14)18(25)22-23-19(27)21-11-13-7-9-15(20)10-8-13/h2-10H,11H2,1H3,(H,22,25)(H2,21,23,27). The van der Waals surface area contributed by atoms with E-state index in [2.05, 4.69) is 21.3 Å². The van der Waals surface area contributed by atoms with Gasteiger partial charge in [0.1, 0.15) is 22.8 Å². The summed E-state index contributed by atoms with van der Waals surface area (Å²) in [6.45, 7) is 2.06. The molecule has 3 N–H and O–H groups in total. The van der Waals surface area contributed by atoms with Crippen molar-refractivity contribution in [3.63, 3.8) is 0 Å². The first-order chi connectivity index (χ1) is 13.0. The van der Waals surface area contributed by atoms with Gasteiger partial charge in [-0.05, 0) is 36.8 Å². The Morgan fingerprint density at radius 1 is 1.11 bits per heavy atom. The lowest BCUT2D eigenvalue weighted by Crippen LogP contribution is -2.46. The molecule has 0 saturated heterocycles. The molecular formula is C19H17FN4O2S. The zero-order valence-corrected chi connectivity index (χ0v) is 15.3. The Kier molecular flexibility index (Phi) is 5.77. The molecule has 0 atom stereocenters. The van der Waals surface area contributed by atoms with Crippen molar-refractivity contribution in [2.24, 2.45) is 0 Å². The van der Waals surface area contributed by atoms with Crippen LogP contribution in [0, 0.1) is 12.7 Å². The van der Waals surface area contributed by atoms with Gasteiger partial charge in [-0.3, -0.25) is 15.6 Å². The number of thiocarbonyl (C=S) groups is 1. The average Bonchev–Trinajstić information content (AvgIpc) is 3.08. The highest BCUT2D eigenvalue weighted by Gasteiger charge is 2.21. The number of carbonyl (C=O) groups excluding carboxylic acids is 1. The fraction of sp³-hybridized carbons (Fsp3) is 0.105. The summed E-state index contributed by atoms with van der Waals surface area (Å²) in [6.07, 6.45) is 0. The molecule has 0 bridgehead atoms. The molecule has 1 aromatic heterocycles. The van der Waals surface area contributed by atoms with Gasteiger partial charge in [0.25, 0.3) is 5.91 Å². The summed E-state index contributed by atoms with van der Waals surface area (Å²) < 4.78 is 18.1. The van der Waals surface area contributed by atoms with Crippen LogP contribution in [0.1, 0.15) is 21.7 Å². The Bertz CT molecular complexity index is 942. The molecule has 0 radical (unpaired) electrons. The third-order valence-electron chi connectivity index (χ3n) is 3.79. The van der Waals surface area contributed by atoms with Crippen LogP contribution in [-0.4, -0.2) is 16.2 Å². The minimum absolute atomic E-state index is 0.225. The molecule has 0 aliphatic rings. The van der Waals surface area contributed by atoms with Gasteiger partial charge < -0.3 is 9.84 Å². The summed E-state index contributed by atoms with van der Waals surface area (Å²) in [5.41, 5.74) is 7.58. The van der Waals surface area contributed by atoms with E-state index in [9.17, 15) is 9.18 Å². The fourth-order valence-corrected chi connectivity index (χ4v) is 2.56. The highest BCUT2D eigenvalue weighted by atomic mass is 32.1. The van der Waals surface area contributed by atoms with Gasteiger partial charge in [0.15, 0.2) is 5.11 Å². The molecule has 27 heavy (non-hydrogen) atoms. The van der Waals surface area contributed by atoms with Gasteiger partial charge >= 0.3 is 0 Å². The zero-order valence-electron chi connectivity index (χ0n) is 14.5. The molecule has 3 aromatic rings. The van der Waals surface area contributed by atoms with Crippen molar-refractivity contribution in [3.8, 4) is 11.3 Å². The lowest BCUT2D eigenvalue weighted by atomic mass is 10.1. The van der Waals surface area contributed by atoms with Crippen molar-refractivity contribution in [2.75, 3.05) is 0 Å². The van der Waals surface area contributed by atoms with E-state index in [0.717, 1.165) is 11.1 Å². The van der Waals surface area contributed by atoms with Gasteiger partial charge in [0.2, 0.25) is 0 Å². The second-order valence-electron chi connectivity index (χ2n) is 5.72. The largest absolute Gasteiger partial charge is 0.360 e. The number of aromatic nitrogens is 1. The second-order valence-corrected chi connectivity index (χ2v) is 6.12. The highest BCUT2D eigenvalue weighted by Crippen LogP contribution is 2.24. The molecule has 0 spiro atoms. The summed E-state index contributed by atoms with van der Waals surface area (Å²) in [5, 5.41) is 7.12. The van der Waals surface area contributed by atoms with Crippen molar-refractivity contribution in [1.29, 1.82) is 0 Å². The maximum Gasteiger partial charge on any atom is 0.275 e. The van der Waals surface area contributed by atoms with Crippen LogP contribution in [0.15, 0.2) is 59.1 Å². The molecule has 8 heteroatoms. The van der Waals surface area contributed by atoms with E-state index in [1.807, 2.05) is 30.3 Å². The van der Waals surface area contributed by atoms with Crippen molar-refractivity contribution in [1.82, 2.24) is 21.3 Å². The predicted molar refractivity (Wildman–Crippen MR) is 103 cm³/mol. The smallest absolute Gasteiger partial charge is 0.275 e. The number of rotatable bonds is 4. The van der Waals surface area contributed by atoms with Crippen LogP contribution in [0.3, 0.4) is 0 Å². The van der Waals surface area contributed by atoms with E-state index >= 15 is 0 Å². The van der Waals surface area contributed by atoms with Gasteiger partial charge in [0, 0.05) is 12.1 Å². The van der Waals surface area contributed by atoms with E-state index < -0.39 is 5.91 Å². The number of hydrogen-bond donors (Lipinski definition) is 3. The quantitative estimate of drug-likeness (QED) is 0.474. The van der Waals surface area contributed by atoms with E-state index in [-0.39, 0.29) is 10.9 Å². The second kappa shape index (κ2) is 8.41. The number of hydrazine groups is 1. The van der Waals surface area contributed by atoms with Gasteiger partial charge in [-0.25, -0.2) is 4.39 Å². The molecule has 0 saturated carbocycles. The number of amides is 1. The van der Waals surface area contributed by atoms with Crippen LogP contribution in [-0.2, 0) is 6.54 Å². The Morgan fingerprint density at radius 3 is 2.52 bits per heavy atom. The molecule has 0 aliphatic heterocycles. The van der Waals surface area contributed by atoms with E-state index in [1.54, 1.807) is 19.1 Å². The molecule has 0 fully saturated rings. The van der Waals surface area contributed by atoms with Crippen LogP contribution in [0.25, 0.3) is 11.3 Å². The minimum Gasteiger partial charge on any atom is -0.360 e. The predicted octanol–water partition coefficient (Wildman–Crippen LogP) is 3.10. The summed E-state index contributed by atoms with van der Waals surface area (Å²) in [4.78, 5) is 12.5. The average molecular weight is 384 g/mol. The summed E-state index contributed by atoms with van der Waals surface area (Å²) in [6, 6.07) is 15.3. The lowest BCUT2D eigenvalue weighted by Gasteiger charge is -2.12. The van der Waals surface area contributed by atoms with Crippen molar-refractivity contribution in [3.05, 3.63) is 77.3 Å². The van der Waals surface area contributed by atoms with Crippen LogP contribution >= 0.6 is 12.2 Å². The van der Waals surface area contributed by atoms with Crippen molar-refractivity contribution < 1.29 is 13.7 Å². The van der Waals surface area contributed by atoms with Crippen LogP contribution in [0.5, 0.6) is 0 Å². The monoisotopic (exact) mass is 384 g/mol. The molecule has 1 amide bonds.